The summed E-state index contributed by atoms with van der Waals surface area (Å²) in [5, 5.41) is 3.24. The third-order valence-electron chi connectivity index (χ3n) is 2.60. The van der Waals surface area contributed by atoms with Crippen LogP contribution in [-0.4, -0.2) is 38.3 Å². The van der Waals surface area contributed by atoms with E-state index in [9.17, 15) is 0 Å². The average molecular weight is 238 g/mol. The van der Waals surface area contributed by atoms with Gasteiger partial charge in [-0.15, -0.1) is 11.8 Å². The van der Waals surface area contributed by atoms with Crippen molar-refractivity contribution in [3.05, 3.63) is 29.8 Å². The van der Waals surface area contributed by atoms with E-state index in [-0.39, 0.29) is 0 Å². The van der Waals surface area contributed by atoms with Gasteiger partial charge in [-0.3, -0.25) is 0 Å². The van der Waals surface area contributed by atoms with E-state index in [4.69, 9.17) is 0 Å². The van der Waals surface area contributed by atoms with Crippen molar-refractivity contribution in [2.45, 2.75) is 17.9 Å². The molecular formula is C13H22N2S. The molecule has 1 N–H and O–H groups in total. The summed E-state index contributed by atoms with van der Waals surface area (Å²) in [6.45, 7) is 3.16. The van der Waals surface area contributed by atoms with Gasteiger partial charge in [0.05, 0.1) is 0 Å². The van der Waals surface area contributed by atoms with E-state index in [1.54, 1.807) is 0 Å². The van der Waals surface area contributed by atoms with Crippen LogP contribution in [0.15, 0.2) is 29.2 Å². The zero-order valence-electron chi connectivity index (χ0n) is 10.7. The van der Waals surface area contributed by atoms with Crippen molar-refractivity contribution >= 4 is 11.8 Å². The Morgan fingerprint density at radius 1 is 1.25 bits per heavy atom. The van der Waals surface area contributed by atoms with Crippen molar-refractivity contribution < 1.29 is 0 Å². The smallest absolute Gasteiger partial charge is 0.0466 e. The van der Waals surface area contributed by atoms with Crippen LogP contribution in [0.25, 0.3) is 0 Å². The molecule has 0 aromatic heterocycles. The molecule has 0 bridgehead atoms. The third kappa shape index (κ3) is 3.81. The lowest BCUT2D eigenvalue weighted by molar-refractivity contribution is 0.294. The number of nitrogens with one attached hydrogen (secondary N) is 1. The molecule has 0 fully saturated rings. The van der Waals surface area contributed by atoms with E-state index in [1.165, 1.54) is 10.5 Å². The summed E-state index contributed by atoms with van der Waals surface area (Å²) >= 11 is 1.89. The molecule has 0 aliphatic carbocycles. The predicted molar refractivity (Wildman–Crippen MR) is 73.2 cm³/mol. The summed E-state index contributed by atoms with van der Waals surface area (Å²) in [5.74, 6) is 1.13. The SMILES string of the molecule is CCSc1ccc(C(CNC)N(C)C)cc1. The summed E-state index contributed by atoms with van der Waals surface area (Å²) < 4.78 is 0. The van der Waals surface area contributed by atoms with Gasteiger partial charge < -0.3 is 10.2 Å². The fourth-order valence-corrected chi connectivity index (χ4v) is 2.41. The molecule has 0 aliphatic heterocycles. The first-order valence-corrected chi connectivity index (χ1v) is 6.71. The molecule has 0 radical (unpaired) electrons. The van der Waals surface area contributed by atoms with Gasteiger partial charge in [0.25, 0.3) is 0 Å². The quantitative estimate of drug-likeness (QED) is 0.767. The maximum absolute atomic E-state index is 3.24. The highest BCUT2D eigenvalue weighted by atomic mass is 32.2. The van der Waals surface area contributed by atoms with E-state index in [0.717, 1.165) is 12.3 Å². The van der Waals surface area contributed by atoms with Gasteiger partial charge in [0.2, 0.25) is 0 Å². The molecule has 0 aliphatic rings. The van der Waals surface area contributed by atoms with Crippen LogP contribution in [-0.2, 0) is 0 Å². The molecule has 0 saturated heterocycles. The fourth-order valence-electron chi connectivity index (χ4n) is 1.74. The number of rotatable bonds is 6. The van der Waals surface area contributed by atoms with E-state index >= 15 is 0 Å². The highest BCUT2D eigenvalue weighted by Crippen LogP contribution is 2.22. The number of likely N-dealkylation sites (N-methyl/N-ethyl adjacent to an activating group) is 2. The minimum absolute atomic E-state index is 0.450. The van der Waals surface area contributed by atoms with Crippen LogP contribution >= 0.6 is 11.8 Å². The Kier molecular flexibility index (Phi) is 5.88. The third-order valence-corrected chi connectivity index (χ3v) is 3.49. The van der Waals surface area contributed by atoms with E-state index in [2.05, 4.69) is 55.5 Å². The van der Waals surface area contributed by atoms with Crippen LogP contribution in [0.1, 0.15) is 18.5 Å². The first-order chi connectivity index (χ1) is 7.69. The lowest BCUT2D eigenvalue weighted by Gasteiger charge is -2.24. The molecule has 2 nitrogen and oxygen atoms in total. The van der Waals surface area contributed by atoms with Crippen LogP contribution in [0.2, 0.25) is 0 Å². The standard InChI is InChI=1S/C13H22N2S/c1-5-16-12-8-6-11(7-9-12)13(10-14-2)15(3)4/h6-9,13-14H,5,10H2,1-4H3. The average Bonchev–Trinajstić information content (AvgIpc) is 2.27. The molecular weight excluding hydrogens is 216 g/mol. The maximum Gasteiger partial charge on any atom is 0.0466 e. The molecule has 3 heteroatoms. The Balaban J connectivity index is 2.77. The molecule has 0 saturated carbocycles. The number of thioether (sulfide) groups is 1. The molecule has 0 amide bonds. The molecule has 1 aromatic rings. The molecule has 90 valence electrons. The van der Waals surface area contributed by atoms with Crippen molar-refractivity contribution in [3.8, 4) is 0 Å². The Labute approximate surface area is 103 Å². The van der Waals surface area contributed by atoms with Crippen LogP contribution in [0.3, 0.4) is 0 Å². The normalized spacial score (nSPS) is 13.1. The van der Waals surface area contributed by atoms with Gasteiger partial charge in [-0.25, -0.2) is 0 Å². The van der Waals surface area contributed by atoms with E-state index in [0.29, 0.717) is 6.04 Å². The van der Waals surface area contributed by atoms with Gasteiger partial charge in [0, 0.05) is 17.5 Å². The number of benzene rings is 1. The zero-order chi connectivity index (χ0) is 12.0. The Morgan fingerprint density at radius 2 is 1.88 bits per heavy atom. The minimum Gasteiger partial charge on any atom is -0.318 e. The first kappa shape index (κ1) is 13.6. The van der Waals surface area contributed by atoms with Crippen molar-refractivity contribution in [3.63, 3.8) is 0 Å². The number of hydrogen-bond donors (Lipinski definition) is 1. The maximum atomic E-state index is 3.24. The van der Waals surface area contributed by atoms with E-state index in [1.807, 2.05) is 18.8 Å². The first-order valence-electron chi connectivity index (χ1n) is 5.72. The lowest BCUT2D eigenvalue weighted by atomic mass is 10.1. The largest absolute Gasteiger partial charge is 0.318 e. The fraction of sp³-hybridized carbons (Fsp3) is 0.538. The second kappa shape index (κ2) is 6.94. The predicted octanol–water partition coefficient (Wildman–Crippen LogP) is 2.62. The van der Waals surface area contributed by atoms with Crippen molar-refractivity contribution in [2.24, 2.45) is 0 Å². The van der Waals surface area contributed by atoms with E-state index < -0.39 is 0 Å². The molecule has 0 heterocycles. The summed E-state index contributed by atoms with van der Waals surface area (Å²) in [6, 6.07) is 9.36. The second-order valence-corrected chi connectivity index (χ2v) is 5.38. The second-order valence-electron chi connectivity index (χ2n) is 4.04. The molecule has 1 rings (SSSR count). The Morgan fingerprint density at radius 3 is 2.31 bits per heavy atom. The van der Waals surface area contributed by atoms with Crippen molar-refractivity contribution in [2.75, 3.05) is 33.4 Å². The summed E-state index contributed by atoms with van der Waals surface area (Å²) in [5.41, 5.74) is 1.37. The zero-order valence-corrected chi connectivity index (χ0v) is 11.5. The molecule has 1 unspecified atom stereocenters. The van der Waals surface area contributed by atoms with Crippen molar-refractivity contribution in [1.82, 2.24) is 10.2 Å². The monoisotopic (exact) mass is 238 g/mol. The van der Waals surface area contributed by atoms with Gasteiger partial charge in [0.1, 0.15) is 0 Å². The van der Waals surface area contributed by atoms with Crippen LogP contribution in [0.5, 0.6) is 0 Å². The number of hydrogen-bond acceptors (Lipinski definition) is 3. The molecule has 16 heavy (non-hydrogen) atoms. The topological polar surface area (TPSA) is 15.3 Å². The van der Waals surface area contributed by atoms with Crippen LogP contribution in [0.4, 0.5) is 0 Å². The van der Waals surface area contributed by atoms with Crippen molar-refractivity contribution in [1.29, 1.82) is 0 Å². The summed E-state index contributed by atoms with van der Waals surface area (Å²) in [4.78, 5) is 3.60. The highest BCUT2D eigenvalue weighted by molar-refractivity contribution is 7.99. The molecule has 1 atom stereocenters. The van der Waals surface area contributed by atoms with Gasteiger partial charge in [-0.2, -0.15) is 0 Å². The molecule has 1 aromatic carbocycles. The van der Waals surface area contributed by atoms with Crippen LogP contribution < -0.4 is 5.32 Å². The summed E-state index contributed by atoms with van der Waals surface area (Å²) in [6.07, 6.45) is 0. The lowest BCUT2D eigenvalue weighted by Crippen LogP contribution is -2.29. The molecule has 0 spiro atoms. The highest BCUT2D eigenvalue weighted by Gasteiger charge is 2.12. The summed E-state index contributed by atoms with van der Waals surface area (Å²) in [7, 11) is 6.24. The Hall–Kier alpha value is -0.510. The van der Waals surface area contributed by atoms with Gasteiger partial charge >= 0.3 is 0 Å². The Bertz CT molecular complexity index is 295. The van der Waals surface area contributed by atoms with Crippen LogP contribution in [0, 0.1) is 0 Å². The van der Waals surface area contributed by atoms with Gasteiger partial charge in [-0.1, -0.05) is 19.1 Å². The van der Waals surface area contributed by atoms with Gasteiger partial charge in [-0.05, 0) is 44.6 Å². The minimum atomic E-state index is 0.450. The number of nitrogens with zero attached hydrogens (tertiary/aromatic N) is 1. The van der Waals surface area contributed by atoms with Gasteiger partial charge in [0.15, 0.2) is 0 Å².